The molecule has 1 aliphatic heterocycles. The van der Waals surface area contributed by atoms with Crippen LogP contribution in [0.3, 0.4) is 0 Å². The summed E-state index contributed by atoms with van der Waals surface area (Å²) in [5.41, 5.74) is 6.77. The number of nitriles is 1. The number of aromatic nitrogens is 1. The molecule has 2 heterocycles. The fraction of sp³-hybridized carbons (Fsp3) is 0.538. The third-order valence-electron chi connectivity index (χ3n) is 2.89. The van der Waals surface area contributed by atoms with E-state index in [1.807, 2.05) is 13.0 Å². The van der Waals surface area contributed by atoms with Gasteiger partial charge in [-0.25, -0.2) is 4.98 Å². The number of morpholine rings is 1. The summed E-state index contributed by atoms with van der Waals surface area (Å²) in [5.74, 6) is 0.734. The number of nitrogen functional groups attached to an aromatic ring is 1. The second-order valence-corrected chi connectivity index (χ2v) is 5.32. The van der Waals surface area contributed by atoms with Gasteiger partial charge in [0.2, 0.25) is 0 Å². The fourth-order valence-electron chi connectivity index (χ4n) is 2.41. The van der Waals surface area contributed by atoms with Crippen LogP contribution >= 0.6 is 0 Å². The molecule has 0 amide bonds. The molecule has 0 bridgehead atoms. The van der Waals surface area contributed by atoms with Crippen molar-refractivity contribution in [3.05, 3.63) is 17.8 Å². The molecule has 0 saturated carbocycles. The SMILES string of the molecule is CC1CN(c2ncc(C#N)cc2N)CC(C)(C)O1. The molecule has 1 atom stereocenters. The van der Waals surface area contributed by atoms with Crippen molar-refractivity contribution < 1.29 is 4.74 Å². The molecule has 1 fully saturated rings. The van der Waals surface area contributed by atoms with E-state index in [2.05, 4.69) is 23.7 Å². The number of ether oxygens (including phenoxy) is 1. The molecule has 18 heavy (non-hydrogen) atoms. The Morgan fingerprint density at radius 2 is 2.33 bits per heavy atom. The first-order chi connectivity index (χ1) is 8.41. The molecule has 5 heteroatoms. The lowest BCUT2D eigenvalue weighted by Crippen LogP contribution is -2.52. The Bertz CT molecular complexity index is 492. The number of nitrogens with two attached hydrogens (primary N) is 1. The van der Waals surface area contributed by atoms with E-state index < -0.39 is 0 Å². The smallest absolute Gasteiger partial charge is 0.152 e. The van der Waals surface area contributed by atoms with Crippen molar-refractivity contribution in [2.45, 2.75) is 32.5 Å². The highest BCUT2D eigenvalue weighted by Crippen LogP contribution is 2.28. The fourth-order valence-corrected chi connectivity index (χ4v) is 2.41. The summed E-state index contributed by atoms with van der Waals surface area (Å²) in [6.07, 6.45) is 1.68. The number of anilines is 2. The van der Waals surface area contributed by atoms with Crippen molar-refractivity contribution in [1.82, 2.24) is 4.98 Å². The predicted octanol–water partition coefficient (Wildman–Crippen LogP) is 1.54. The Hall–Kier alpha value is -1.80. The van der Waals surface area contributed by atoms with Gasteiger partial charge < -0.3 is 15.4 Å². The maximum Gasteiger partial charge on any atom is 0.152 e. The molecule has 0 spiro atoms. The van der Waals surface area contributed by atoms with Crippen molar-refractivity contribution in [3.63, 3.8) is 0 Å². The van der Waals surface area contributed by atoms with Crippen molar-refractivity contribution in [1.29, 1.82) is 5.26 Å². The predicted molar refractivity (Wildman–Crippen MR) is 70.2 cm³/mol. The van der Waals surface area contributed by atoms with Gasteiger partial charge in [0.25, 0.3) is 0 Å². The molecule has 2 rings (SSSR count). The van der Waals surface area contributed by atoms with Crippen LogP contribution < -0.4 is 10.6 Å². The molecule has 0 aromatic carbocycles. The lowest BCUT2D eigenvalue weighted by molar-refractivity contribution is -0.0751. The van der Waals surface area contributed by atoms with Crippen molar-refractivity contribution in [3.8, 4) is 6.07 Å². The first-order valence-electron chi connectivity index (χ1n) is 6.00. The molecule has 0 radical (unpaired) electrons. The molecule has 5 nitrogen and oxygen atoms in total. The third-order valence-corrected chi connectivity index (χ3v) is 2.89. The monoisotopic (exact) mass is 246 g/mol. The summed E-state index contributed by atoms with van der Waals surface area (Å²) in [6.45, 7) is 7.63. The maximum absolute atomic E-state index is 8.81. The van der Waals surface area contributed by atoms with Gasteiger partial charge in [-0.3, -0.25) is 0 Å². The first-order valence-corrected chi connectivity index (χ1v) is 6.00. The van der Waals surface area contributed by atoms with E-state index in [4.69, 9.17) is 15.7 Å². The zero-order valence-corrected chi connectivity index (χ0v) is 11.0. The molecular formula is C13H18N4O. The maximum atomic E-state index is 8.81. The molecule has 0 aliphatic carbocycles. The van der Waals surface area contributed by atoms with E-state index in [-0.39, 0.29) is 11.7 Å². The van der Waals surface area contributed by atoms with E-state index in [0.717, 1.165) is 18.9 Å². The summed E-state index contributed by atoms with van der Waals surface area (Å²) >= 11 is 0. The number of nitrogens with zero attached hydrogens (tertiary/aromatic N) is 3. The quantitative estimate of drug-likeness (QED) is 0.813. The van der Waals surface area contributed by atoms with Gasteiger partial charge in [-0.2, -0.15) is 5.26 Å². The van der Waals surface area contributed by atoms with E-state index in [0.29, 0.717) is 11.3 Å². The molecule has 1 aromatic rings. The van der Waals surface area contributed by atoms with Crippen LogP contribution in [0.5, 0.6) is 0 Å². The van der Waals surface area contributed by atoms with Crippen LogP contribution in [0.1, 0.15) is 26.3 Å². The molecule has 2 N–H and O–H groups in total. The lowest BCUT2D eigenvalue weighted by atomic mass is 10.1. The van der Waals surface area contributed by atoms with Crippen LogP contribution in [0.25, 0.3) is 0 Å². The van der Waals surface area contributed by atoms with Crippen molar-refractivity contribution >= 4 is 11.5 Å². The Labute approximate surface area is 107 Å². The summed E-state index contributed by atoms with van der Waals surface area (Å²) in [5, 5.41) is 8.81. The van der Waals surface area contributed by atoms with Crippen molar-refractivity contribution in [2.24, 2.45) is 0 Å². The van der Waals surface area contributed by atoms with Crippen LogP contribution in [0, 0.1) is 11.3 Å². The van der Waals surface area contributed by atoms with Crippen LogP contribution in [-0.4, -0.2) is 29.8 Å². The number of hydrogen-bond acceptors (Lipinski definition) is 5. The normalized spacial score (nSPS) is 22.6. The highest BCUT2D eigenvalue weighted by Gasteiger charge is 2.32. The topological polar surface area (TPSA) is 75.2 Å². The van der Waals surface area contributed by atoms with Gasteiger partial charge in [0.1, 0.15) is 6.07 Å². The zero-order chi connectivity index (χ0) is 13.3. The minimum Gasteiger partial charge on any atom is -0.396 e. The van der Waals surface area contributed by atoms with Crippen LogP contribution in [0.2, 0.25) is 0 Å². The summed E-state index contributed by atoms with van der Waals surface area (Å²) in [6, 6.07) is 3.70. The van der Waals surface area contributed by atoms with Gasteiger partial charge in [0.15, 0.2) is 5.82 Å². The second kappa shape index (κ2) is 4.46. The standard InChI is InChI=1S/C13H18N4O/c1-9-7-17(8-13(2,3)18-9)12-11(15)4-10(5-14)6-16-12/h4,6,9H,7-8,15H2,1-3H3. The third kappa shape index (κ3) is 2.54. The molecule has 1 unspecified atom stereocenters. The second-order valence-electron chi connectivity index (χ2n) is 5.32. The summed E-state index contributed by atoms with van der Waals surface area (Å²) < 4.78 is 5.85. The zero-order valence-electron chi connectivity index (χ0n) is 11.0. The minimum absolute atomic E-state index is 0.130. The van der Waals surface area contributed by atoms with Crippen LogP contribution in [0.4, 0.5) is 11.5 Å². The largest absolute Gasteiger partial charge is 0.396 e. The van der Waals surface area contributed by atoms with Crippen molar-refractivity contribution in [2.75, 3.05) is 23.7 Å². The van der Waals surface area contributed by atoms with Gasteiger partial charge >= 0.3 is 0 Å². The van der Waals surface area contributed by atoms with E-state index in [1.165, 1.54) is 0 Å². The van der Waals surface area contributed by atoms with E-state index in [9.17, 15) is 0 Å². The number of rotatable bonds is 1. The molecule has 1 aromatic heterocycles. The molecular weight excluding hydrogens is 228 g/mol. The first kappa shape index (κ1) is 12.7. The molecule has 1 aliphatic rings. The average Bonchev–Trinajstić information content (AvgIpc) is 2.25. The lowest BCUT2D eigenvalue weighted by Gasteiger charge is -2.42. The van der Waals surface area contributed by atoms with Gasteiger partial charge in [-0.05, 0) is 26.8 Å². The summed E-state index contributed by atoms with van der Waals surface area (Å²) in [4.78, 5) is 6.41. The molecule has 1 saturated heterocycles. The van der Waals surface area contributed by atoms with Gasteiger partial charge in [0, 0.05) is 19.3 Å². The number of hydrogen-bond donors (Lipinski definition) is 1. The van der Waals surface area contributed by atoms with Gasteiger partial charge in [-0.1, -0.05) is 0 Å². The van der Waals surface area contributed by atoms with Gasteiger partial charge in [-0.15, -0.1) is 0 Å². The Kier molecular flexibility index (Phi) is 3.14. The Balaban J connectivity index is 2.29. The highest BCUT2D eigenvalue weighted by atomic mass is 16.5. The Morgan fingerprint density at radius 1 is 1.61 bits per heavy atom. The molecule has 96 valence electrons. The van der Waals surface area contributed by atoms with Crippen LogP contribution in [-0.2, 0) is 4.74 Å². The van der Waals surface area contributed by atoms with E-state index >= 15 is 0 Å². The summed E-state index contributed by atoms with van der Waals surface area (Å²) in [7, 11) is 0. The minimum atomic E-state index is -0.223. The highest BCUT2D eigenvalue weighted by molar-refractivity contribution is 5.64. The van der Waals surface area contributed by atoms with Crippen LogP contribution in [0.15, 0.2) is 12.3 Å². The number of pyridine rings is 1. The Morgan fingerprint density at radius 3 is 2.89 bits per heavy atom. The average molecular weight is 246 g/mol. The van der Waals surface area contributed by atoms with E-state index in [1.54, 1.807) is 12.3 Å². The van der Waals surface area contributed by atoms with Gasteiger partial charge in [0.05, 0.1) is 23.0 Å².